The summed E-state index contributed by atoms with van der Waals surface area (Å²) < 4.78 is 29.5. The number of sulfonamides is 1. The minimum absolute atomic E-state index is 0. The third kappa shape index (κ3) is 5.68. The molecule has 0 aliphatic carbocycles. The minimum Gasteiger partial charge on any atom is -0.507 e. The molecule has 0 saturated carbocycles. The van der Waals surface area contributed by atoms with Gasteiger partial charge < -0.3 is 25.8 Å². The second-order valence-electron chi connectivity index (χ2n) is 8.86. The van der Waals surface area contributed by atoms with Gasteiger partial charge in [-0.3, -0.25) is 9.78 Å². The normalized spacial score (nSPS) is 14.6. The Morgan fingerprint density at radius 3 is 2.38 bits per heavy atom. The number of hydrogen-bond donors (Lipinski definition) is 4. The van der Waals surface area contributed by atoms with Gasteiger partial charge in [-0.2, -0.15) is 4.31 Å². The zero-order chi connectivity index (χ0) is 27.0. The molecule has 1 aromatic carbocycles. The smallest absolute Gasteiger partial charge is 0.244 e. The number of benzene rings is 1. The number of phenols is 2. The largest absolute Gasteiger partial charge is 0.507 e. The Kier molecular flexibility index (Phi) is 8.11. The lowest BCUT2D eigenvalue weighted by atomic mass is 10.1. The minimum atomic E-state index is -3.71. The number of pyridine rings is 1. The fourth-order valence-corrected chi connectivity index (χ4v) is 6.55. The van der Waals surface area contributed by atoms with Gasteiger partial charge in [0, 0.05) is 38.6 Å². The molecule has 5 N–H and O–H groups in total. The molecule has 4 heterocycles. The number of carbonyl (C=O) groups is 1. The molecule has 4 aromatic rings. The molecule has 0 radical (unpaired) electrons. The van der Waals surface area contributed by atoms with E-state index in [-0.39, 0.29) is 51.1 Å². The maximum absolute atomic E-state index is 13.2. The first kappa shape index (κ1) is 28.3. The van der Waals surface area contributed by atoms with Crippen LogP contribution >= 0.6 is 23.7 Å². The number of anilines is 2. The first-order chi connectivity index (χ1) is 18.1. The van der Waals surface area contributed by atoms with Crippen molar-refractivity contribution in [3.05, 3.63) is 59.5 Å². The van der Waals surface area contributed by atoms with Crippen molar-refractivity contribution in [3.8, 4) is 22.9 Å². The number of aromatic nitrogens is 4. The number of carbonyl (C=O) groups excluding carboxylic acids is 1. The number of nitrogens with zero attached hydrogens (tertiary/aromatic N) is 5. The van der Waals surface area contributed by atoms with E-state index in [4.69, 9.17) is 5.73 Å². The van der Waals surface area contributed by atoms with Gasteiger partial charge in [0.15, 0.2) is 5.13 Å². The number of halogens is 1. The standard InChI is InChI=1S/C24H25N7O5S2.ClH/c1-30-12-17(27-13-30)16-6-5-15(11-26-16)38(35,36)31-9-7-14(8-10-31)28-24-29-23(25)22(37-24)21(34)20-18(32)3-2-4-19(20)33;/h2-6,11-14,32-33H,7-10,25H2,1H3,(H,28,29);1H. The van der Waals surface area contributed by atoms with Crippen molar-refractivity contribution in [1.82, 2.24) is 23.8 Å². The SMILES string of the molecule is Cl.Cn1cnc(-c2ccc(S(=O)(=O)N3CCC(Nc4nc(N)c(C(=O)c5c(O)cccc5O)s4)CC3)cn2)c1. The summed E-state index contributed by atoms with van der Waals surface area (Å²) in [5.74, 6) is -1.36. The van der Waals surface area contributed by atoms with E-state index in [1.165, 1.54) is 34.8 Å². The number of piperidine rings is 1. The monoisotopic (exact) mass is 591 g/mol. The lowest BCUT2D eigenvalue weighted by Crippen LogP contribution is -2.42. The fourth-order valence-electron chi connectivity index (χ4n) is 4.22. The number of imidazole rings is 1. The zero-order valence-electron chi connectivity index (χ0n) is 20.7. The van der Waals surface area contributed by atoms with Crippen LogP contribution in [0.2, 0.25) is 0 Å². The number of nitrogens with one attached hydrogen (secondary N) is 1. The Labute approximate surface area is 234 Å². The Morgan fingerprint density at radius 1 is 1.10 bits per heavy atom. The summed E-state index contributed by atoms with van der Waals surface area (Å²) in [7, 11) is -1.87. The van der Waals surface area contributed by atoms with E-state index in [1.54, 1.807) is 23.2 Å². The molecule has 0 amide bonds. The van der Waals surface area contributed by atoms with Crippen molar-refractivity contribution in [1.29, 1.82) is 0 Å². The molecule has 1 aliphatic rings. The zero-order valence-corrected chi connectivity index (χ0v) is 23.1. The van der Waals surface area contributed by atoms with Gasteiger partial charge in [-0.25, -0.2) is 18.4 Å². The highest BCUT2D eigenvalue weighted by molar-refractivity contribution is 7.89. The van der Waals surface area contributed by atoms with Gasteiger partial charge in [-0.15, -0.1) is 12.4 Å². The Balaban J connectivity index is 0.00000353. The van der Waals surface area contributed by atoms with Crippen LogP contribution in [-0.4, -0.2) is 67.4 Å². The molecular weight excluding hydrogens is 566 g/mol. The number of rotatable bonds is 7. The molecule has 1 fully saturated rings. The molecule has 3 aromatic heterocycles. The lowest BCUT2D eigenvalue weighted by Gasteiger charge is -2.31. The quantitative estimate of drug-likeness (QED) is 0.234. The molecule has 39 heavy (non-hydrogen) atoms. The summed E-state index contributed by atoms with van der Waals surface area (Å²) in [5, 5.41) is 23.6. The van der Waals surface area contributed by atoms with E-state index in [0.717, 1.165) is 11.3 Å². The highest BCUT2D eigenvalue weighted by Gasteiger charge is 2.31. The van der Waals surface area contributed by atoms with Crippen LogP contribution in [0.15, 0.2) is 53.9 Å². The third-order valence-corrected chi connectivity index (χ3v) is 9.11. The van der Waals surface area contributed by atoms with Crippen LogP contribution in [0.3, 0.4) is 0 Å². The van der Waals surface area contributed by atoms with Gasteiger partial charge in [0.25, 0.3) is 0 Å². The Bertz CT molecular complexity index is 1580. The van der Waals surface area contributed by atoms with Gasteiger partial charge in [0.05, 0.1) is 12.0 Å². The molecule has 1 aliphatic heterocycles. The molecule has 5 rings (SSSR count). The van der Waals surface area contributed by atoms with E-state index < -0.39 is 15.8 Å². The topological polar surface area (TPSA) is 177 Å². The first-order valence-electron chi connectivity index (χ1n) is 11.7. The van der Waals surface area contributed by atoms with Crippen LogP contribution < -0.4 is 11.1 Å². The Morgan fingerprint density at radius 2 is 1.79 bits per heavy atom. The number of nitrogens with two attached hydrogens (primary N) is 1. The molecule has 15 heteroatoms. The maximum Gasteiger partial charge on any atom is 0.244 e. The van der Waals surface area contributed by atoms with Crippen molar-refractivity contribution >= 4 is 50.5 Å². The highest BCUT2D eigenvalue weighted by atomic mass is 35.5. The molecule has 0 bridgehead atoms. The van der Waals surface area contributed by atoms with E-state index in [9.17, 15) is 23.4 Å². The van der Waals surface area contributed by atoms with Crippen LogP contribution in [-0.2, 0) is 17.1 Å². The van der Waals surface area contributed by atoms with E-state index in [2.05, 4.69) is 20.3 Å². The first-order valence-corrected chi connectivity index (χ1v) is 13.9. The summed E-state index contributed by atoms with van der Waals surface area (Å²) in [6.07, 6.45) is 5.84. The summed E-state index contributed by atoms with van der Waals surface area (Å²) in [4.78, 5) is 25.8. The molecule has 0 atom stereocenters. The number of ketones is 1. The summed E-state index contributed by atoms with van der Waals surface area (Å²) in [6.45, 7) is 0.584. The van der Waals surface area contributed by atoms with Crippen molar-refractivity contribution in [3.63, 3.8) is 0 Å². The van der Waals surface area contributed by atoms with Crippen LogP contribution in [0.25, 0.3) is 11.4 Å². The second kappa shape index (κ2) is 11.2. The van der Waals surface area contributed by atoms with Crippen LogP contribution in [0.5, 0.6) is 11.5 Å². The summed E-state index contributed by atoms with van der Waals surface area (Å²) >= 11 is 1.01. The third-order valence-electron chi connectivity index (χ3n) is 6.23. The average Bonchev–Trinajstić information content (AvgIpc) is 3.49. The van der Waals surface area contributed by atoms with Crippen LogP contribution in [0.4, 0.5) is 10.9 Å². The predicted molar refractivity (Wildman–Crippen MR) is 149 cm³/mol. The summed E-state index contributed by atoms with van der Waals surface area (Å²) in [5.41, 5.74) is 6.96. The summed E-state index contributed by atoms with van der Waals surface area (Å²) in [6, 6.07) is 7.12. The maximum atomic E-state index is 13.2. The number of phenolic OH excluding ortho intramolecular Hbond substituents is 2. The van der Waals surface area contributed by atoms with Crippen LogP contribution in [0.1, 0.15) is 28.1 Å². The van der Waals surface area contributed by atoms with Crippen LogP contribution in [0, 0.1) is 0 Å². The molecule has 0 spiro atoms. The molecular formula is C24H26ClN7O5S2. The van der Waals surface area contributed by atoms with E-state index >= 15 is 0 Å². The fraction of sp³-hybridized carbons (Fsp3) is 0.250. The number of thiazole rings is 1. The predicted octanol–water partition coefficient (Wildman–Crippen LogP) is 2.85. The molecule has 206 valence electrons. The number of aryl methyl sites for hydroxylation is 1. The average molecular weight is 592 g/mol. The second-order valence-corrected chi connectivity index (χ2v) is 11.8. The lowest BCUT2D eigenvalue weighted by molar-refractivity contribution is 0.103. The number of nitrogen functional groups attached to an aromatic ring is 1. The van der Waals surface area contributed by atoms with Crippen molar-refractivity contribution in [2.75, 3.05) is 24.1 Å². The van der Waals surface area contributed by atoms with Gasteiger partial charge in [0.2, 0.25) is 15.8 Å². The number of aromatic hydroxyl groups is 2. The highest BCUT2D eigenvalue weighted by Crippen LogP contribution is 2.35. The number of hydrogen-bond acceptors (Lipinski definition) is 11. The molecule has 0 unspecified atom stereocenters. The molecule has 12 nitrogen and oxygen atoms in total. The van der Waals surface area contributed by atoms with Crippen molar-refractivity contribution < 1.29 is 23.4 Å². The van der Waals surface area contributed by atoms with Crippen molar-refractivity contribution in [2.24, 2.45) is 7.05 Å². The Hall–Kier alpha value is -3.72. The van der Waals surface area contributed by atoms with Gasteiger partial charge in [-0.05, 0) is 37.1 Å². The van der Waals surface area contributed by atoms with Gasteiger partial charge in [0.1, 0.15) is 38.3 Å². The van der Waals surface area contributed by atoms with E-state index in [0.29, 0.717) is 42.5 Å². The van der Waals surface area contributed by atoms with Gasteiger partial charge in [-0.1, -0.05) is 17.4 Å². The molecule has 1 saturated heterocycles. The van der Waals surface area contributed by atoms with Gasteiger partial charge >= 0.3 is 0 Å². The van der Waals surface area contributed by atoms with E-state index in [1.807, 2.05) is 7.05 Å². The van der Waals surface area contributed by atoms with Crippen molar-refractivity contribution in [2.45, 2.75) is 23.8 Å².